The molecule has 0 bridgehead atoms. The molecule has 4 heteroatoms. The molecule has 1 saturated heterocycles. The molecule has 92 valence electrons. The van der Waals surface area contributed by atoms with Gasteiger partial charge >= 0.3 is 0 Å². The van der Waals surface area contributed by atoms with E-state index in [0.717, 1.165) is 12.1 Å². The SMILES string of the molecule is CC1SCCN(c2ccc(C(N)=S)cc2)C1C. The van der Waals surface area contributed by atoms with Crippen molar-refractivity contribution in [3.05, 3.63) is 29.8 Å². The van der Waals surface area contributed by atoms with Crippen molar-refractivity contribution in [3.63, 3.8) is 0 Å². The molecule has 0 aliphatic carbocycles. The number of hydrogen-bond acceptors (Lipinski definition) is 3. The standard InChI is InChI=1S/C13H18N2S2/c1-9-10(2)17-8-7-15(9)12-5-3-11(4-6-12)13(14)16/h3-6,9-10H,7-8H2,1-2H3,(H2,14,16). The van der Waals surface area contributed by atoms with Crippen LogP contribution < -0.4 is 10.6 Å². The van der Waals surface area contributed by atoms with Gasteiger partial charge in [0.1, 0.15) is 4.99 Å². The third-order valence-corrected chi connectivity index (χ3v) is 4.94. The summed E-state index contributed by atoms with van der Waals surface area (Å²) in [7, 11) is 0. The van der Waals surface area contributed by atoms with E-state index in [1.54, 1.807) is 0 Å². The lowest BCUT2D eigenvalue weighted by molar-refractivity contribution is 0.627. The molecule has 1 aromatic carbocycles. The topological polar surface area (TPSA) is 29.3 Å². The second-order valence-corrected chi connectivity index (χ2v) is 6.35. The van der Waals surface area contributed by atoms with Gasteiger partial charge in [-0.25, -0.2) is 0 Å². The number of nitrogens with two attached hydrogens (primary N) is 1. The normalized spacial score (nSPS) is 24.7. The Morgan fingerprint density at radius 2 is 2.00 bits per heavy atom. The maximum atomic E-state index is 5.61. The van der Waals surface area contributed by atoms with Crippen molar-refractivity contribution in [2.75, 3.05) is 17.2 Å². The molecular formula is C13H18N2S2. The number of anilines is 1. The van der Waals surface area contributed by atoms with E-state index in [1.807, 2.05) is 12.1 Å². The number of thioether (sulfide) groups is 1. The maximum Gasteiger partial charge on any atom is 0.103 e. The molecule has 1 aliphatic rings. The summed E-state index contributed by atoms with van der Waals surface area (Å²) in [5.74, 6) is 1.20. The molecule has 1 aliphatic heterocycles. The summed E-state index contributed by atoms with van der Waals surface area (Å²) >= 11 is 7.01. The highest BCUT2D eigenvalue weighted by molar-refractivity contribution is 8.00. The minimum absolute atomic E-state index is 0.465. The van der Waals surface area contributed by atoms with E-state index in [-0.39, 0.29) is 0 Å². The molecule has 1 fully saturated rings. The predicted molar refractivity (Wildman–Crippen MR) is 81.1 cm³/mol. The van der Waals surface area contributed by atoms with E-state index in [4.69, 9.17) is 18.0 Å². The molecular weight excluding hydrogens is 248 g/mol. The number of nitrogens with zero attached hydrogens (tertiary/aromatic N) is 1. The number of thiocarbonyl (C=S) groups is 1. The van der Waals surface area contributed by atoms with E-state index < -0.39 is 0 Å². The summed E-state index contributed by atoms with van der Waals surface area (Å²) in [4.78, 5) is 2.93. The van der Waals surface area contributed by atoms with Crippen LogP contribution in [0.5, 0.6) is 0 Å². The summed E-state index contributed by atoms with van der Waals surface area (Å²) in [6.07, 6.45) is 0. The van der Waals surface area contributed by atoms with Gasteiger partial charge in [0.15, 0.2) is 0 Å². The summed E-state index contributed by atoms with van der Waals surface area (Å²) in [6, 6.07) is 8.83. The molecule has 2 unspecified atom stereocenters. The summed E-state index contributed by atoms with van der Waals surface area (Å²) in [5.41, 5.74) is 7.81. The van der Waals surface area contributed by atoms with Gasteiger partial charge in [-0.3, -0.25) is 0 Å². The highest BCUT2D eigenvalue weighted by Crippen LogP contribution is 2.29. The molecule has 0 spiro atoms. The predicted octanol–water partition coefficient (Wildman–Crippen LogP) is 2.65. The van der Waals surface area contributed by atoms with E-state index in [1.165, 1.54) is 11.4 Å². The maximum absolute atomic E-state index is 5.61. The lowest BCUT2D eigenvalue weighted by atomic mass is 10.1. The zero-order chi connectivity index (χ0) is 12.4. The van der Waals surface area contributed by atoms with Crippen LogP contribution in [-0.4, -0.2) is 28.6 Å². The average Bonchev–Trinajstić information content (AvgIpc) is 2.33. The molecule has 0 aromatic heterocycles. The molecule has 1 aromatic rings. The van der Waals surface area contributed by atoms with Crippen molar-refractivity contribution in [3.8, 4) is 0 Å². The van der Waals surface area contributed by atoms with Gasteiger partial charge in [0, 0.05) is 34.8 Å². The van der Waals surface area contributed by atoms with E-state index in [9.17, 15) is 0 Å². The first-order chi connectivity index (χ1) is 8.09. The zero-order valence-corrected chi connectivity index (χ0v) is 11.9. The molecule has 17 heavy (non-hydrogen) atoms. The lowest BCUT2D eigenvalue weighted by Crippen LogP contribution is -2.44. The molecule has 2 nitrogen and oxygen atoms in total. The third-order valence-electron chi connectivity index (χ3n) is 3.37. The minimum Gasteiger partial charge on any atom is -0.389 e. The highest BCUT2D eigenvalue weighted by atomic mass is 32.2. The monoisotopic (exact) mass is 266 g/mol. The van der Waals surface area contributed by atoms with Crippen molar-refractivity contribution in [2.24, 2.45) is 5.73 Å². The number of benzene rings is 1. The van der Waals surface area contributed by atoms with Gasteiger partial charge in [0.25, 0.3) is 0 Å². The van der Waals surface area contributed by atoms with Crippen LogP contribution in [0, 0.1) is 0 Å². The van der Waals surface area contributed by atoms with Crippen LogP contribution in [-0.2, 0) is 0 Å². The van der Waals surface area contributed by atoms with Crippen LogP contribution in [0.25, 0.3) is 0 Å². The van der Waals surface area contributed by atoms with Gasteiger partial charge < -0.3 is 10.6 Å². The van der Waals surface area contributed by atoms with Gasteiger partial charge in [-0.2, -0.15) is 11.8 Å². The van der Waals surface area contributed by atoms with Crippen molar-refractivity contribution >= 4 is 34.7 Å². The van der Waals surface area contributed by atoms with Gasteiger partial charge in [-0.1, -0.05) is 19.1 Å². The van der Waals surface area contributed by atoms with E-state index >= 15 is 0 Å². The van der Waals surface area contributed by atoms with Crippen LogP contribution in [0.2, 0.25) is 0 Å². The van der Waals surface area contributed by atoms with Gasteiger partial charge in [-0.15, -0.1) is 0 Å². The Morgan fingerprint density at radius 3 is 2.59 bits per heavy atom. The third kappa shape index (κ3) is 2.75. The van der Waals surface area contributed by atoms with Crippen molar-refractivity contribution < 1.29 is 0 Å². The second kappa shape index (κ2) is 5.27. The fourth-order valence-electron chi connectivity index (χ4n) is 2.11. The smallest absolute Gasteiger partial charge is 0.103 e. The fraction of sp³-hybridized carbons (Fsp3) is 0.462. The Labute approximate surface area is 113 Å². The summed E-state index contributed by atoms with van der Waals surface area (Å²) < 4.78 is 0. The second-order valence-electron chi connectivity index (χ2n) is 4.42. The van der Waals surface area contributed by atoms with Gasteiger partial charge in [0.05, 0.1) is 0 Å². The fourth-order valence-corrected chi connectivity index (χ4v) is 3.35. The molecule has 2 rings (SSSR count). The number of hydrogen-bond donors (Lipinski definition) is 1. The molecule has 1 heterocycles. The lowest BCUT2D eigenvalue weighted by Gasteiger charge is -2.39. The summed E-state index contributed by atoms with van der Waals surface area (Å²) in [5, 5.41) is 0.680. The first-order valence-electron chi connectivity index (χ1n) is 5.87. The van der Waals surface area contributed by atoms with Crippen LogP contribution in [0.15, 0.2) is 24.3 Å². The Morgan fingerprint density at radius 1 is 1.35 bits per heavy atom. The van der Waals surface area contributed by atoms with E-state index in [0.29, 0.717) is 16.3 Å². The van der Waals surface area contributed by atoms with Crippen LogP contribution in [0.1, 0.15) is 19.4 Å². The van der Waals surface area contributed by atoms with Crippen molar-refractivity contribution in [1.82, 2.24) is 0 Å². The minimum atomic E-state index is 0.465. The zero-order valence-electron chi connectivity index (χ0n) is 10.2. The largest absolute Gasteiger partial charge is 0.389 e. The molecule has 2 atom stereocenters. The van der Waals surface area contributed by atoms with Gasteiger partial charge in [0.2, 0.25) is 0 Å². The van der Waals surface area contributed by atoms with E-state index in [2.05, 4.69) is 42.6 Å². The molecule has 0 radical (unpaired) electrons. The van der Waals surface area contributed by atoms with Gasteiger partial charge in [-0.05, 0) is 31.2 Å². The van der Waals surface area contributed by atoms with Crippen molar-refractivity contribution in [1.29, 1.82) is 0 Å². The molecule has 2 N–H and O–H groups in total. The Hall–Kier alpha value is -0.740. The first kappa shape index (κ1) is 12.7. The Kier molecular flexibility index (Phi) is 3.94. The number of rotatable bonds is 2. The first-order valence-corrected chi connectivity index (χ1v) is 7.33. The highest BCUT2D eigenvalue weighted by Gasteiger charge is 2.25. The van der Waals surface area contributed by atoms with Crippen LogP contribution in [0.4, 0.5) is 5.69 Å². The summed E-state index contributed by atoms with van der Waals surface area (Å²) in [6.45, 7) is 5.70. The Bertz CT molecular complexity index is 402. The molecule has 0 saturated carbocycles. The van der Waals surface area contributed by atoms with Crippen LogP contribution in [0.3, 0.4) is 0 Å². The average molecular weight is 266 g/mol. The molecule has 0 amide bonds. The van der Waals surface area contributed by atoms with Crippen LogP contribution >= 0.6 is 24.0 Å². The quantitative estimate of drug-likeness (QED) is 0.833. The Balaban J connectivity index is 2.19. The van der Waals surface area contributed by atoms with Crippen molar-refractivity contribution in [2.45, 2.75) is 25.1 Å².